The van der Waals surface area contributed by atoms with E-state index in [0.717, 1.165) is 32.3 Å². The van der Waals surface area contributed by atoms with Crippen molar-refractivity contribution < 1.29 is 14.6 Å². The summed E-state index contributed by atoms with van der Waals surface area (Å²) in [6, 6.07) is 20.2. The van der Waals surface area contributed by atoms with Gasteiger partial charge in [0.15, 0.2) is 0 Å². The van der Waals surface area contributed by atoms with Gasteiger partial charge in [0.05, 0.1) is 6.10 Å². The highest BCUT2D eigenvalue weighted by atomic mass is 16.5. The number of piperidine rings is 1. The van der Waals surface area contributed by atoms with E-state index in [1.807, 2.05) is 6.08 Å². The van der Waals surface area contributed by atoms with E-state index in [1.165, 1.54) is 61.9 Å². The number of ether oxygens (including phenoxy) is 1. The van der Waals surface area contributed by atoms with Crippen LogP contribution in [0.1, 0.15) is 69.8 Å². The number of hydrogen-bond acceptors (Lipinski definition) is 3. The van der Waals surface area contributed by atoms with Gasteiger partial charge < -0.3 is 14.7 Å². The maximum Gasteiger partial charge on any atom is 0.303 e. The molecule has 0 amide bonds. The van der Waals surface area contributed by atoms with Gasteiger partial charge in [-0.2, -0.15) is 0 Å². The van der Waals surface area contributed by atoms with Crippen LogP contribution in [-0.2, 0) is 16.0 Å². The lowest BCUT2D eigenvalue weighted by molar-refractivity contribution is -0.136. The summed E-state index contributed by atoms with van der Waals surface area (Å²) in [5.41, 5.74) is 3.91. The largest absolute Gasteiger partial charge is 0.481 e. The molecule has 1 aliphatic heterocycles. The molecule has 1 aliphatic carbocycles. The highest BCUT2D eigenvalue weighted by Crippen LogP contribution is 2.37. The molecule has 4 rings (SSSR count). The van der Waals surface area contributed by atoms with E-state index in [1.54, 1.807) is 0 Å². The molecule has 1 heterocycles. The first kappa shape index (κ1) is 26.6. The van der Waals surface area contributed by atoms with Crippen molar-refractivity contribution in [2.24, 2.45) is 5.92 Å². The third-order valence-corrected chi connectivity index (χ3v) is 7.94. The first-order valence-corrected chi connectivity index (χ1v) is 14.1. The molecule has 1 saturated heterocycles. The Balaban J connectivity index is 1.25. The third-order valence-electron chi connectivity index (χ3n) is 7.94. The monoisotopic (exact) mass is 489 g/mol. The van der Waals surface area contributed by atoms with Crippen LogP contribution in [0.2, 0.25) is 0 Å². The molecule has 0 bridgehead atoms. The zero-order chi connectivity index (χ0) is 25.0. The zero-order valence-electron chi connectivity index (χ0n) is 21.7. The smallest absolute Gasteiger partial charge is 0.303 e. The molecule has 3 unspecified atom stereocenters. The topological polar surface area (TPSA) is 49.8 Å². The standard InChI is InChI=1S/C32H43NO3/c34-32(35)16-8-2-1-7-15-29-30(33-23-9-4-10-24-33)21-22-31(29)36-25-11-12-26-17-19-28(20-18-26)27-13-5-3-6-14-27/h1-3,5-6,13-14,17-20,29-31H,4,7-12,15-16,21-25H2,(H,34,35)/b2-1+. The van der Waals surface area contributed by atoms with Crippen molar-refractivity contribution >= 4 is 5.97 Å². The Morgan fingerprint density at radius 1 is 0.917 bits per heavy atom. The quantitative estimate of drug-likeness (QED) is 0.240. The maximum atomic E-state index is 10.7. The van der Waals surface area contributed by atoms with Gasteiger partial charge in [0.2, 0.25) is 0 Å². The number of hydrogen-bond donors (Lipinski definition) is 1. The number of aliphatic carboxylic acids is 1. The maximum absolute atomic E-state index is 10.7. The molecule has 2 aromatic rings. The van der Waals surface area contributed by atoms with Gasteiger partial charge in [0, 0.05) is 25.0 Å². The minimum Gasteiger partial charge on any atom is -0.481 e. The predicted molar refractivity (Wildman–Crippen MR) is 147 cm³/mol. The lowest BCUT2D eigenvalue weighted by Gasteiger charge is -2.37. The van der Waals surface area contributed by atoms with E-state index < -0.39 is 5.97 Å². The van der Waals surface area contributed by atoms with E-state index in [2.05, 4.69) is 65.6 Å². The van der Waals surface area contributed by atoms with Crippen molar-refractivity contribution in [3.05, 3.63) is 72.3 Å². The van der Waals surface area contributed by atoms with E-state index in [9.17, 15) is 4.79 Å². The second-order valence-corrected chi connectivity index (χ2v) is 10.5. The van der Waals surface area contributed by atoms with E-state index >= 15 is 0 Å². The van der Waals surface area contributed by atoms with Crippen LogP contribution in [0.25, 0.3) is 11.1 Å². The summed E-state index contributed by atoms with van der Waals surface area (Å²) < 4.78 is 6.53. The van der Waals surface area contributed by atoms with Gasteiger partial charge in [-0.15, -0.1) is 0 Å². The van der Waals surface area contributed by atoms with Crippen molar-refractivity contribution in [3.8, 4) is 11.1 Å². The Hall–Kier alpha value is -2.43. The molecular weight excluding hydrogens is 446 g/mol. The Morgan fingerprint density at radius 2 is 1.64 bits per heavy atom. The molecule has 36 heavy (non-hydrogen) atoms. The van der Waals surface area contributed by atoms with Gasteiger partial charge in [-0.25, -0.2) is 0 Å². The minimum absolute atomic E-state index is 0.219. The van der Waals surface area contributed by atoms with E-state index in [4.69, 9.17) is 9.84 Å². The van der Waals surface area contributed by atoms with Gasteiger partial charge in [-0.3, -0.25) is 4.79 Å². The zero-order valence-corrected chi connectivity index (χ0v) is 21.7. The number of carbonyl (C=O) groups is 1. The summed E-state index contributed by atoms with van der Waals surface area (Å²) in [7, 11) is 0. The Morgan fingerprint density at radius 3 is 2.39 bits per heavy atom. The van der Waals surface area contributed by atoms with Crippen LogP contribution in [0.5, 0.6) is 0 Å². The van der Waals surface area contributed by atoms with E-state index in [0.29, 0.717) is 24.5 Å². The molecule has 0 aromatic heterocycles. The SMILES string of the molecule is O=C(O)CC/C=C/CCC1C(OCCCc2ccc(-c3ccccc3)cc2)CCC1N1CCCCC1. The van der Waals surface area contributed by atoms with Gasteiger partial charge in [0.1, 0.15) is 0 Å². The van der Waals surface area contributed by atoms with E-state index in [-0.39, 0.29) is 6.42 Å². The number of nitrogens with zero attached hydrogens (tertiary/aromatic N) is 1. The molecular formula is C32H43NO3. The number of aryl methyl sites for hydroxylation is 1. The fourth-order valence-electron chi connectivity index (χ4n) is 6.04. The Bertz CT molecular complexity index is 934. The molecule has 4 heteroatoms. The number of rotatable bonds is 13. The van der Waals surface area contributed by atoms with Gasteiger partial charge in [-0.05, 0) is 87.6 Å². The normalized spacial score (nSPS) is 22.8. The minimum atomic E-state index is -0.721. The van der Waals surface area contributed by atoms with Crippen molar-refractivity contribution in [2.75, 3.05) is 19.7 Å². The van der Waals surface area contributed by atoms with Crippen molar-refractivity contribution in [1.82, 2.24) is 4.90 Å². The lowest BCUT2D eigenvalue weighted by atomic mass is 9.93. The molecule has 0 spiro atoms. The summed E-state index contributed by atoms with van der Waals surface area (Å²) >= 11 is 0. The summed E-state index contributed by atoms with van der Waals surface area (Å²) in [5.74, 6) is -0.140. The van der Waals surface area contributed by atoms with Crippen LogP contribution in [0.4, 0.5) is 0 Å². The number of likely N-dealkylation sites (tertiary alicyclic amines) is 1. The Labute approximate surface area is 217 Å². The molecule has 1 saturated carbocycles. The summed E-state index contributed by atoms with van der Waals surface area (Å²) in [5, 5.41) is 8.84. The van der Waals surface area contributed by atoms with Gasteiger partial charge in [-0.1, -0.05) is 73.2 Å². The number of carboxylic acid groups (broad SMARTS) is 1. The van der Waals surface area contributed by atoms with Gasteiger partial charge >= 0.3 is 5.97 Å². The molecule has 4 nitrogen and oxygen atoms in total. The predicted octanol–water partition coefficient (Wildman–Crippen LogP) is 7.14. The molecule has 0 radical (unpaired) electrons. The highest BCUT2D eigenvalue weighted by molar-refractivity contribution is 5.66. The number of carboxylic acids is 1. The average molecular weight is 490 g/mol. The van der Waals surface area contributed by atoms with Crippen LogP contribution < -0.4 is 0 Å². The summed E-state index contributed by atoms with van der Waals surface area (Å²) in [6.45, 7) is 3.30. The lowest BCUT2D eigenvalue weighted by Crippen LogP contribution is -2.43. The number of allylic oxidation sites excluding steroid dienone is 2. The van der Waals surface area contributed by atoms with Crippen LogP contribution >= 0.6 is 0 Å². The fraction of sp³-hybridized carbons (Fsp3) is 0.531. The molecule has 2 aliphatic rings. The third kappa shape index (κ3) is 8.04. The second-order valence-electron chi connectivity index (χ2n) is 10.5. The van der Waals surface area contributed by atoms with Crippen molar-refractivity contribution in [1.29, 1.82) is 0 Å². The highest BCUT2D eigenvalue weighted by Gasteiger charge is 2.39. The average Bonchev–Trinajstić information content (AvgIpc) is 3.32. The number of benzene rings is 2. The van der Waals surface area contributed by atoms with Crippen molar-refractivity contribution in [3.63, 3.8) is 0 Å². The first-order valence-electron chi connectivity index (χ1n) is 14.1. The van der Waals surface area contributed by atoms with Crippen LogP contribution in [0, 0.1) is 5.92 Å². The second kappa shape index (κ2) is 14.3. The summed E-state index contributed by atoms with van der Waals surface area (Å²) in [4.78, 5) is 13.5. The molecule has 2 fully saturated rings. The van der Waals surface area contributed by atoms with Crippen LogP contribution in [-0.4, -0.2) is 47.8 Å². The fourth-order valence-corrected chi connectivity index (χ4v) is 6.04. The van der Waals surface area contributed by atoms with Crippen LogP contribution in [0.15, 0.2) is 66.7 Å². The molecule has 3 atom stereocenters. The molecule has 1 N–H and O–H groups in total. The Kier molecular flexibility index (Phi) is 10.6. The molecule has 194 valence electrons. The molecule has 2 aromatic carbocycles. The summed E-state index contributed by atoms with van der Waals surface area (Å²) in [6.07, 6.45) is 16.1. The van der Waals surface area contributed by atoms with Crippen LogP contribution in [0.3, 0.4) is 0 Å². The van der Waals surface area contributed by atoms with Crippen molar-refractivity contribution in [2.45, 2.75) is 82.8 Å². The van der Waals surface area contributed by atoms with Gasteiger partial charge in [0.25, 0.3) is 0 Å². The first-order chi connectivity index (χ1) is 17.7.